The highest BCUT2D eigenvalue weighted by Gasteiger charge is 2.10. The van der Waals surface area contributed by atoms with Crippen LogP contribution in [0, 0.1) is 11.3 Å². The number of nitrogen functional groups attached to an aromatic ring is 1. The van der Waals surface area contributed by atoms with Crippen LogP contribution in [0.5, 0.6) is 0 Å². The average molecular weight is 246 g/mol. The third-order valence-electron chi connectivity index (χ3n) is 2.73. The van der Waals surface area contributed by atoms with Crippen LogP contribution in [0.3, 0.4) is 0 Å². The number of amides is 1. The van der Waals surface area contributed by atoms with Crippen LogP contribution in [0.15, 0.2) is 18.2 Å². The Morgan fingerprint density at radius 2 is 2.28 bits per heavy atom. The van der Waals surface area contributed by atoms with E-state index in [4.69, 9.17) is 11.0 Å². The number of nitrogens with one attached hydrogen (secondary N) is 1. The van der Waals surface area contributed by atoms with Gasteiger partial charge >= 0.3 is 0 Å². The Labute approximate surface area is 107 Å². The normalized spacial score (nSPS) is 9.61. The van der Waals surface area contributed by atoms with E-state index in [0.29, 0.717) is 24.2 Å². The number of carbonyl (C=O) groups excluding carboxylic acids is 1. The molecule has 0 atom stereocenters. The lowest BCUT2D eigenvalue weighted by molar-refractivity contribution is 0.0963. The van der Waals surface area contributed by atoms with Gasteiger partial charge in [0.05, 0.1) is 23.9 Å². The van der Waals surface area contributed by atoms with Crippen LogP contribution in [0.25, 0.3) is 0 Å². The van der Waals surface area contributed by atoms with Crippen molar-refractivity contribution in [3.8, 4) is 6.07 Å². The summed E-state index contributed by atoms with van der Waals surface area (Å²) >= 11 is 0. The molecule has 0 saturated carbocycles. The number of hydrogen-bond donors (Lipinski definition) is 2. The van der Waals surface area contributed by atoms with Gasteiger partial charge in [-0.1, -0.05) is 0 Å². The van der Waals surface area contributed by atoms with Crippen LogP contribution in [-0.4, -0.2) is 26.0 Å². The highest BCUT2D eigenvalue weighted by molar-refractivity contribution is 5.96. The number of nitrogens with zero attached hydrogens (tertiary/aromatic N) is 2. The second-order valence-electron chi connectivity index (χ2n) is 3.84. The molecule has 1 amide bonds. The van der Waals surface area contributed by atoms with Crippen molar-refractivity contribution in [2.24, 2.45) is 0 Å². The van der Waals surface area contributed by atoms with Crippen LogP contribution in [0.2, 0.25) is 0 Å². The summed E-state index contributed by atoms with van der Waals surface area (Å²) in [6.07, 6.45) is 0.449. The largest absolute Gasteiger partial charge is 0.397 e. The van der Waals surface area contributed by atoms with E-state index < -0.39 is 0 Å². The van der Waals surface area contributed by atoms with Gasteiger partial charge in [0.25, 0.3) is 5.91 Å². The van der Waals surface area contributed by atoms with Gasteiger partial charge < -0.3 is 16.0 Å². The molecule has 5 heteroatoms. The second kappa shape index (κ2) is 6.50. The van der Waals surface area contributed by atoms with Crippen molar-refractivity contribution in [3.05, 3.63) is 23.8 Å². The molecule has 0 fully saturated rings. The molecule has 3 N–H and O–H groups in total. The molecule has 1 aromatic rings. The number of nitrogens with two attached hydrogens (primary N) is 1. The summed E-state index contributed by atoms with van der Waals surface area (Å²) in [5.41, 5.74) is 7.91. The van der Waals surface area contributed by atoms with Crippen LogP contribution >= 0.6 is 0 Å². The molecule has 0 aromatic heterocycles. The first-order valence-electron chi connectivity index (χ1n) is 5.87. The Balaban J connectivity index is 2.96. The van der Waals surface area contributed by atoms with E-state index >= 15 is 0 Å². The fourth-order valence-electron chi connectivity index (χ4n) is 1.76. The quantitative estimate of drug-likeness (QED) is 0.769. The van der Waals surface area contributed by atoms with Crippen LogP contribution in [0.1, 0.15) is 23.7 Å². The maximum Gasteiger partial charge on any atom is 0.251 e. The van der Waals surface area contributed by atoms with E-state index in [-0.39, 0.29) is 5.91 Å². The fourth-order valence-corrected chi connectivity index (χ4v) is 1.76. The van der Waals surface area contributed by atoms with E-state index in [0.717, 1.165) is 12.2 Å². The van der Waals surface area contributed by atoms with E-state index in [9.17, 15) is 4.79 Å². The maximum atomic E-state index is 11.5. The molecule has 0 aliphatic carbocycles. The summed E-state index contributed by atoms with van der Waals surface area (Å²) < 4.78 is 0. The Kier molecular flexibility index (Phi) is 5.00. The number of benzene rings is 1. The van der Waals surface area contributed by atoms with E-state index in [1.807, 2.05) is 17.9 Å². The molecule has 18 heavy (non-hydrogen) atoms. The van der Waals surface area contributed by atoms with Gasteiger partial charge in [-0.25, -0.2) is 0 Å². The third kappa shape index (κ3) is 3.14. The molecule has 0 bridgehead atoms. The van der Waals surface area contributed by atoms with E-state index in [1.54, 1.807) is 19.2 Å². The molecule has 0 aliphatic heterocycles. The summed E-state index contributed by atoms with van der Waals surface area (Å²) in [5.74, 6) is -0.159. The summed E-state index contributed by atoms with van der Waals surface area (Å²) in [5, 5.41) is 11.2. The SMILES string of the molecule is CCN(CCC#N)c1ccc(C(=O)NC)cc1N. The van der Waals surface area contributed by atoms with Gasteiger partial charge in [-0.15, -0.1) is 0 Å². The zero-order valence-corrected chi connectivity index (χ0v) is 10.7. The van der Waals surface area contributed by atoms with Gasteiger partial charge in [0.1, 0.15) is 0 Å². The third-order valence-corrected chi connectivity index (χ3v) is 2.73. The predicted octanol–water partition coefficient (Wildman–Crippen LogP) is 1.37. The van der Waals surface area contributed by atoms with Crippen molar-refractivity contribution in [1.29, 1.82) is 5.26 Å². The van der Waals surface area contributed by atoms with Gasteiger partial charge in [0.15, 0.2) is 0 Å². The standard InChI is InChI=1S/C13H18N4O/c1-3-17(8-4-7-14)12-6-5-10(9-11(12)15)13(18)16-2/h5-6,9H,3-4,8,15H2,1-2H3,(H,16,18). The molecule has 5 nitrogen and oxygen atoms in total. The van der Waals surface area contributed by atoms with Crippen LogP contribution in [-0.2, 0) is 0 Å². The minimum absolute atomic E-state index is 0.159. The van der Waals surface area contributed by atoms with Gasteiger partial charge in [-0.3, -0.25) is 4.79 Å². The van der Waals surface area contributed by atoms with Crippen molar-refractivity contribution in [2.75, 3.05) is 30.8 Å². The van der Waals surface area contributed by atoms with Gasteiger partial charge in [0.2, 0.25) is 0 Å². The minimum Gasteiger partial charge on any atom is -0.397 e. The zero-order valence-electron chi connectivity index (χ0n) is 10.7. The lowest BCUT2D eigenvalue weighted by Gasteiger charge is -2.23. The van der Waals surface area contributed by atoms with Crippen LogP contribution < -0.4 is 16.0 Å². The molecule has 1 rings (SSSR count). The molecule has 0 spiro atoms. The van der Waals surface area contributed by atoms with Crippen molar-refractivity contribution >= 4 is 17.3 Å². The second-order valence-corrected chi connectivity index (χ2v) is 3.84. The molecular formula is C13H18N4O. The Morgan fingerprint density at radius 3 is 2.78 bits per heavy atom. The molecule has 96 valence electrons. The summed E-state index contributed by atoms with van der Waals surface area (Å²) in [6, 6.07) is 7.33. The van der Waals surface area contributed by atoms with Gasteiger partial charge in [0, 0.05) is 25.7 Å². The van der Waals surface area contributed by atoms with Crippen LogP contribution in [0.4, 0.5) is 11.4 Å². The lowest BCUT2D eigenvalue weighted by Crippen LogP contribution is -2.25. The number of nitriles is 1. The zero-order chi connectivity index (χ0) is 13.5. The monoisotopic (exact) mass is 246 g/mol. The van der Waals surface area contributed by atoms with Gasteiger partial charge in [-0.2, -0.15) is 5.26 Å². The van der Waals surface area contributed by atoms with Crippen molar-refractivity contribution in [2.45, 2.75) is 13.3 Å². The average Bonchev–Trinajstić information content (AvgIpc) is 2.40. The van der Waals surface area contributed by atoms with Gasteiger partial charge in [-0.05, 0) is 25.1 Å². The Morgan fingerprint density at radius 1 is 1.56 bits per heavy atom. The number of anilines is 2. The summed E-state index contributed by atoms with van der Waals surface area (Å²) in [4.78, 5) is 13.5. The molecule has 0 unspecified atom stereocenters. The first-order valence-corrected chi connectivity index (χ1v) is 5.87. The highest BCUT2D eigenvalue weighted by Crippen LogP contribution is 2.24. The topological polar surface area (TPSA) is 82.2 Å². The number of carbonyl (C=O) groups is 1. The first-order chi connectivity index (χ1) is 8.63. The number of hydrogen-bond acceptors (Lipinski definition) is 4. The number of rotatable bonds is 5. The Bertz CT molecular complexity index is 465. The van der Waals surface area contributed by atoms with E-state index in [1.165, 1.54) is 0 Å². The molecule has 0 heterocycles. The minimum atomic E-state index is -0.159. The smallest absolute Gasteiger partial charge is 0.251 e. The first kappa shape index (κ1) is 13.8. The maximum absolute atomic E-state index is 11.5. The van der Waals surface area contributed by atoms with E-state index in [2.05, 4.69) is 11.4 Å². The summed E-state index contributed by atoms with van der Waals surface area (Å²) in [6.45, 7) is 3.41. The lowest BCUT2D eigenvalue weighted by atomic mass is 10.1. The van der Waals surface area contributed by atoms with Crippen molar-refractivity contribution in [3.63, 3.8) is 0 Å². The fraction of sp³-hybridized carbons (Fsp3) is 0.385. The Hall–Kier alpha value is -2.22. The predicted molar refractivity (Wildman–Crippen MR) is 72.4 cm³/mol. The van der Waals surface area contributed by atoms with Crippen molar-refractivity contribution in [1.82, 2.24) is 5.32 Å². The highest BCUT2D eigenvalue weighted by atomic mass is 16.1. The molecular weight excluding hydrogens is 228 g/mol. The van der Waals surface area contributed by atoms with Crippen molar-refractivity contribution < 1.29 is 4.79 Å². The molecule has 0 aliphatic rings. The molecule has 0 saturated heterocycles. The summed E-state index contributed by atoms with van der Waals surface area (Å²) in [7, 11) is 1.58. The molecule has 1 aromatic carbocycles. The molecule has 0 radical (unpaired) electrons.